The second-order valence-corrected chi connectivity index (χ2v) is 5.41. The SMILES string of the molecule is Cc1cccc(N(C)C(=O)CC2CN(C)CCN2)c1. The number of rotatable bonds is 3. The van der Waals surface area contributed by atoms with Gasteiger partial charge in [-0.15, -0.1) is 0 Å². The summed E-state index contributed by atoms with van der Waals surface area (Å²) in [6, 6.07) is 8.31. The fourth-order valence-corrected chi connectivity index (χ4v) is 2.46. The zero-order valence-corrected chi connectivity index (χ0v) is 12.0. The highest BCUT2D eigenvalue weighted by Crippen LogP contribution is 2.16. The Balaban J connectivity index is 1.95. The second-order valence-electron chi connectivity index (χ2n) is 5.41. The van der Waals surface area contributed by atoms with E-state index in [1.165, 1.54) is 5.56 Å². The number of likely N-dealkylation sites (N-methyl/N-ethyl adjacent to an activating group) is 1. The predicted molar refractivity (Wildman–Crippen MR) is 78.5 cm³/mol. The van der Waals surface area contributed by atoms with E-state index in [1.807, 2.05) is 38.2 Å². The molecule has 1 amide bonds. The van der Waals surface area contributed by atoms with E-state index in [0.29, 0.717) is 6.42 Å². The van der Waals surface area contributed by atoms with Crippen molar-refractivity contribution in [3.8, 4) is 0 Å². The number of carbonyl (C=O) groups excluding carboxylic acids is 1. The number of piperazine rings is 1. The van der Waals surface area contributed by atoms with E-state index in [2.05, 4.69) is 17.3 Å². The highest BCUT2D eigenvalue weighted by Gasteiger charge is 2.21. The van der Waals surface area contributed by atoms with Gasteiger partial charge in [0, 0.05) is 44.8 Å². The third-order valence-electron chi connectivity index (χ3n) is 3.64. The van der Waals surface area contributed by atoms with E-state index in [4.69, 9.17) is 0 Å². The average Bonchev–Trinajstić information content (AvgIpc) is 2.38. The summed E-state index contributed by atoms with van der Waals surface area (Å²) in [6.07, 6.45) is 0.550. The maximum absolute atomic E-state index is 12.3. The van der Waals surface area contributed by atoms with Crippen LogP contribution >= 0.6 is 0 Å². The zero-order valence-electron chi connectivity index (χ0n) is 12.0. The molecule has 0 aliphatic carbocycles. The van der Waals surface area contributed by atoms with Crippen LogP contribution in [0.4, 0.5) is 5.69 Å². The van der Waals surface area contributed by atoms with Crippen LogP contribution in [0.1, 0.15) is 12.0 Å². The Morgan fingerprint density at radius 3 is 3.00 bits per heavy atom. The van der Waals surface area contributed by atoms with Crippen molar-refractivity contribution in [1.82, 2.24) is 10.2 Å². The molecule has 1 aliphatic rings. The van der Waals surface area contributed by atoms with Crippen LogP contribution in [0, 0.1) is 6.92 Å². The van der Waals surface area contributed by atoms with Crippen molar-refractivity contribution in [2.75, 3.05) is 38.6 Å². The second kappa shape index (κ2) is 6.17. The van der Waals surface area contributed by atoms with E-state index in [-0.39, 0.29) is 11.9 Å². The minimum absolute atomic E-state index is 0.165. The van der Waals surface area contributed by atoms with Gasteiger partial charge in [0.15, 0.2) is 0 Å². The van der Waals surface area contributed by atoms with Gasteiger partial charge in [-0.2, -0.15) is 0 Å². The van der Waals surface area contributed by atoms with Crippen molar-refractivity contribution < 1.29 is 4.79 Å². The minimum atomic E-state index is 0.165. The van der Waals surface area contributed by atoms with Gasteiger partial charge in [0.1, 0.15) is 0 Å². The molecule has 104 valence electrons. The van der Waals surface area contributed by atoms with Crippen LogP contribution in [0.15, 0.2) is 24.3 Å². The molecule has 19 heavy (non-hydrogen) atoms. The molecule has 1 aromatic carbocycles. The molecule has 4 heteroatoms. The van der Waals surface area contributed by atoms with Gasteiger partial charge in [0.05, 0.1) is 0 Å². The lowest BCUT2D eigenvalue weighted by atomic mass is 10.1. The summed E-state index contributed by atoms with van der Waals surface area (Å²) in [5.41, 5.74) is 2.14. The van der Waals surface area contributed by atoms with Gasteiger partial charge in [0.25, 0.3) is 0 Å². The van der Waals surface area contributed by atoms with Gasteiger partial charge in [-0.05, 0) is 31.7 Å². The fraction of sp³-hybridized carbons (Fsp3) is 0.533. The van der Waals surface area contributed by atoms with Crippen LogP contribution in [-0.4, -0.2) is 50.6 Å². The Hall–Kier alpha value is -1.39. The zero-order chi connectivity index (χ0) is 13.8. The Kier molecular flexibility index (Phi) is 4.56. The molecule has 0 spiro atoms. The topological polar surface area (TPSA) is 35.6 Å². The van der Waals surface area contributed by atoms with Crippen LogP contribution in [0.5, 0.6) is 0 Å². The van der Waals surface area contributed by atoms with Gasteiger partial charge in [-0.3, -0.25) is 4.79 Å². The first-order chi connectivity index (χ1) is 9.06. The van der Waals surface area contributed by atoms with Crippen molar-refractivity contribution in [3.05, 3.63) is 29.8 Å². The van der Waals surface area contributed by atoms with E-state index in [0.717, 1.165) is 25.3 Å². The minimum Gasteiger partial charge on any atom is -0.315 e. The Morgan fingerprint density at radius 2 is 2.32 bits per heavy atom. The number of carbonyl (C=O) groups is 1. The predicted octanol–water partition coefficient (Wildman–Crippen LogP) is 1.25. The van der Waals surface area contributed by atoms with E-state index in [9.17, 15) is 4.79 Å². The molecule has 0 aromatic heterocycles. The van der Waals surface area contributed by atoms with Crippen molar-refractivity contribution in [1.29, 1.82) is 0 Å². The molecule has 0 saturated carbocycles. The quantitative estimate of drug-likeness (QED) is 0.889. The van der Waals surface area contributed by atoms with Crippen molar-refractivity contribution in [2.24, 2.45) is 0 Å². The smallest absolute Gasteiger partial charge is 0.228 e. The summed E-state index contributed by atoms with van der Waals surface area (Å²) in [5.74, 6) is 0.165. The maximum Gasteiger partial charge on any atom is 0.228 e. The number of anilines is 1. The van der Waals surface area contributed by atoms with Crippen LogP contribution in [-0.2, 0) is 4.79 Å². The Labute approximate surface area is 115 Å². The first kappa shape index (κ1) is 14.0. The van der Waals surface area contributed by atoms with Gasteiger partial charge in [-0.25, -0.2) is 0 Å². The molecule has 2 rings (SSSR count). The number of hydrogen-bond donors (Lipinski definition) is 1. The summed E-state index contributed by atoms with van der Waals surface area (Å²) >= 11 is 0. The van der Waals surface area contributed by atoms with Gasteiger partial charge < -0.3 is 15.1 Å². The number of hydrogen-bond acceptors (Lipinski definition) is 3. The van der Waals surface area contributed by atoms with Crippen LogP contribution in [0.3, 0.4) is 0 Å². The molecule has 4 nitrogen and oxygen atoms in total. The molecule has 1 N–H and O–H groups in total. The molecule has 1 unspecified atom stereocenters. The monoisotopic (exact) mass is 261 g/mol. The molecule has 0 radical (unpaired) electrons. The third kappa shape index (κ3) is 3.78. The first-order valence-electron chi connectivity index (χ1n) is 6.81. The van der Waals surface area contributed by atoms with Crippen LogP contribution < -0.4 is 10.2 Å². The lowest BCUT2D eigenvalue weighted by molar-refractivity contribution is -0.119. The van der Waals surface area contributed by atoms with Crippen LogP contribution in [0.25, 0.3) is 0 Å². The number of nitrogens with zero attached hydrogens (tertiary/aromatic N) is 2. The number of nitrogens with one attached hydrogen (secondary N) is 1. The molecular weight excluding hydrogens is 238 g/mol. The fourth-order valence-electron chi connectivity index (χ4n) is 2.46. The standard InChI is InChI=1S/C15H23N3O/c1-12-5-4-6-14(9-12)18(3)15(19)10-13-11-17(2)8-7-16-13/h4-6,9,13,16H,7-8,10-11H2,1-3H3. The van der Waals surface area contributed by atoms with E-state index >= 15 is 0 Å². The molecule has 1 atom stereocenters. The molecule has 1 aromatic rings. The third-order valence-corrected chi connectivity index (χ3v) is 3.64. The lowest BCUT2D eigenvalue weighted by Crippen LogP contribution is -2.50. The van der Waals surface area contributed by atoms with Gasteiger partial charge in [0.2, 0.25) is 5.91 Å². The number of benzene rings is 1. The summed E-state index contributed by atoms with van der Waals surface area (Å²) in [5, 5.41) is 3.41. The number of amides is 1. The Morgan fingerprint density at radius 1 is 1.53 bits per heavy atom. The Bertz CT molecular complexity index is 447. The van der Waals surface area contributed by atoms with Crippen molar-refractivity contribution in [3.63, 3.8) is 0 Å². The van der Waals surface area contributed by atoms with Gasteiger partial charge >= 0.3 is 0 Å². The largest absolute Gasteiger partial charge is 0.315 e. The number of aryl methyl sites for hydroxylation is 1. The summed E-state index contributed by atoms with van der Waals surface area (Å²) in [7, 11) is 3.95. The molecule has 1 heterocycles. The van der Waals surface area contributed by atoms with Gasteiger partial charge in [-0.1, -0.05) is 12.1 Å². The molecule has 1 aliphatic heterocycles. The average molecular weight is 261 g/mol. The van der Waals surface area contributed by atoms with E-state index in [1.54, 1.807) is 4.90 Å². The highest BCUT2D eigenvalue weighted by atomic mass is 16.2. The molecule has 1 fully saturated rings. The highest BCUT2D eigenvalue weighted by molar-refractivity contribution is 5.93. The lowest BCUT2D eigenvalue weighted by Gasteiger charge is -2.31. The summed E-state index contributed by atoms with van der Waals surface area (Å²) in [6.45, 7) is 4.99. The summed E-state index contributed by atoms with van der Waals surface area (Å²) < 4.78 is 0. The molecular formula is C15H23N3O. The van der Waals surface area contributed by atoms with Crippen LogP contribution in [0.2, 0.25) is 0 Å². The normalized spacial score (nSPS) is 20.3. The van der Waals surface area contributed by atoms with Crippen molar-refractivity contribution in [2.45, 2.75) is 19.4 Å². The molecule has 0 bridgehead atoms. The maximum atomic E-state index is 12.3. The van der Waals surface area contributed by atoms with Crippen molar-refractivity contribution >= 4 is 11.6 Å². The molecule has 1 saturated heterocycles. The van der Waals surface area contributed by atoms with E-state index < -0.39 is 0 Å². The first-order valence-corrected chi connectivity index (χ1v) is 6.81. The summed E-state index contributed by atoms with van der Waals surface area (Å²) in [4.78, 5) is 16.3.